The van der Waals surface area contributed by atoms with Crippen LogP contribution in [0.3, 0.4) is 0 Å². The van der Waals surface area contributed by atoms with Crippen molar-refractivity contribution >= 4 is 38.1 Å². The molecule has 0 radical (unpaired) electrons. The molecule has 0 saturated carbocycles. The van der Waals surface area contributed by atoms with Crippen molar-refractivity contribution in [1.82, 2.24) is 4.98 Å². The van der Waals surface area contributed by atoms with Gasteiger partial charge >= 0.3 is 0 Å². The summed E-state index contributed by atoms with van der Waals surface area (Å²) in [5, 5.41) is 3.79. The molecule has 1 aliphatic rings. The molecule has 1 N–H and O–H groups in total. The van der Waals surface area contributed by atoms with Gasteiger partial charge in [-0.3, -0.25) is 0 Å². The van der Waals surface area contributed by atoms with Gasteiger partial charge in [-0.05, 0) is 42.7 Å². The molecule has 0 atom stereocenters. The number of benzene rings is 2. The van der Waals surface area contributed by atoms with E-state index in [4.69, 9.17) is 9.72 Å². The monoisotopic (exact) mass is 404 g/mol. The van der Waals surface area contributed by atoms with E-state index >= 15 is 0 Å². The molecule has 0 unspecified atom stereocenters. The number of rotatable bonds is 3. The smallest absolute Gasteiger partial charge is 0.188 e. The molecule has 3 nitrogen and oxygen atoms in total. The number of hydrogen-bond acceptors (Lipinski definition) is 4. The Morgan fingerprint density at radius 1 is 1.21 bits per heavy atom. The lowest BCUT2D eigenvalue weighted by molar-refractivity contribution is 0.415. The molecule has 0 spiro atoms. The summed E-state index contributed by atoms with van der Waals surface area (Å²) >= 11 is 5.19. The highest BCUT2D eigenvalue weighted by atomic mass is 79.9. The second kappa shape index (κ2) is 6.18. The molecule has 1 aromatic heterocycles. The number of halogens is 2. The van der Waals surface area contributed by atoms with Gasteiger partial charge in [0, 0.05) is 14.9 Å². The number of nitrogens with zero attached hydrogens (tertiary/aromatic N) is 1. The van der Waals surface area contributed by atoms with Crippen molar-refractivity contribution in [2.75, 3.05) is 12.4 Å². The first-order valence-electron chi connectivity index (χ1n) is 7.54. The number of ether oxygens (including phenoxy) is 1. The van der Waals surface area contributed by atoms with Gasteiger partial charge in [0.2, 0.25) is 0 Å². The highest BCUT2D eigenvalue weighted by molar-refractivity contribution is 9.10. The molecule has 0 fully saturated rings. The van der Waals surface area contributed by atoms with Crippen LogP contribution in [-0.2, 0) is 12.8 Å². The van der Waals surface area contributed by atoms with E-state index in [1.807, 2.05) is 12.1 Å². The van der Waals surface area contributed by atoms with Gasteiger partial charge in [-0.2, -0.15) is 0 Å². The van der Waals surface area contributed by atoms with Gasteiger partial charge in [0.25, 0.3) is 0 Å². The van der Waals surface area contributed by atoms with E-state index in [-0.39, 0.29) is 5.82 Å². The molecule has 2 aromatic carbocycles. The lowest BCUT2D eigenvalue weighted by Gasteiger charge is -2.19. The minimum atomic E-state index is -0.286. The third-order valence-corrected chi connectivity index (χ3v) is 5.86. The number of anilines is 2. The topological polar surface area (TPSA) is 34.1 Å². The summed E-state index contributed by atoms with van der Waals surface area (Å²) < 4.78 is 20.5. The van der Waals surface area contributed by atoms with Gasteiger partial charge in [-0.25, -0.2) is 9.37 Å². The molecule has 1 aliphatic carbocycles. The maximum atomic E-state index is 13.9. The number of thiazole rings is 1. The van der Waals surface area contributed by atoms with Crippen LogP contribution in [-0.4, -0.2) is 12.1 Å². The van der Waals surface area contributed by atoms with Crippen LogP contribution in [0.2, 0.25) is 0 Å². The molecule has 24 heavy (non-hydrogen) atoms. The van der Waals surface area contributed by atoms with Gasteiger partial charge in [0.1, 0.15) is 11.6 Å². The lowest BCUT2D eigenvalue weighted by atomic mass is 9.93. The predicted molar refractivity (Wildman–Crippen MR) is 98.9 cm³/mol. The zero-order chi connectivity index (χ0) is 16.7. The Morgan fingerprint density at radius 2 is 2.04 bits per heavy atom. The minimum Gasteiger partial charge on any atom is -0.496 e. The van der Waals surface area contributed by atoms with Crippen molar-refractivity contribution in [2.24, 2.45) is 0 Å². The van der Waals surface area contributed by atoms with Gasteiger partial charge in [-0.1, -0.05) is 28.1 Å². The zero-order valence-electron chi connectivity index (χ0n) is 12.9. The van der Waals surface area contributed by atoms with Crippen molar-refractivity contribution in [3.8, 4) is 17.0 Å². The van der Waals surface area contributed by atoms with Crippen LogP contribution in [0.1, 0.15) is 10.4 Å². The van der Waals surface area contributed by atoms with E-state index in [9.17, 15) is 4.39 Å². The van der Waals surface area contributed by atoms with E-state index in [0.717, 1.165) is 34.3 Å². The molecule has 0 bridgehead atoms. The Bertz CT molecular complexity index is 925. The quantitative estimate of drug-likeness (QED) is 0.619. The second-order valence-electron chi connectivity index (χ2n) is 5.50. The van der Waals surface area contributed by atoms with Crippen molar-refractivity contribution in [3.05, 3.63) is 57.1 Å². The van der Waals surface area contributed by atoms with Crippen LogP contribution >= 0.6 is 27.3 Å². The molecule has 1 heterocycles. The second-order valence-corrected chi connectivity index (χ2v) is 7.44. The van der Waals surface area contributed by atoms with E-state index < -0.39 is 0 Å². The molecule has 122 valence electrons. The number of para-hydroxylation sites is 1. The summed E-state index contributed by atoms with van der Waals surface area (Å²) in [6.07, 6.45) is 1.85. The van der Waals surface area contributed by atoms with Crippen molar-refractivity contribution < 1.29 is 9.13 Å². The number of aryl methyl sites for hydroxylation is 1. The number of nitrogens with one attached hydrogen (secondary N) is 1. The normalized spacial score (nSPS) is 12.5. The van der Waals surface area contributed by atoms with Crippen molar-refractivity contribution in [2.45, 2.75) is 12.8 Å². The van der Waals surface area contributed by atoms with Gasteiger partial charge in [0.15, 0.2) is 5.13 Å². The summed E-state index contributed by atoms with van der Waals surface area (Å²) in [5.41, 5.74) is 3.61. The van der Waals surface area contributed by atoms with Crippen molar-refractivity contribution in [3.63, 3.8) is 0 Å². The average Bonchev–Trinajstić information content (AvgIpc) is 3.00. The van der Waals surface area contributed by atoms with Gasteiger partial charge in [-0.15, -0.1) is 11.3 Å². The zero-order valence-corrected chi connectivity index (χ0v) is 15.3. The standard InChI is InChI=1S/C18H14BrFN2OS/c1-23-14-8-7-11(19)10-6-9-15-17(16(10)14)22-18(24-15)21-13-5-3-2-4-12(13)20/h2-5,7-8H,6,9H2,1H3,(H,21,22). The molecule has 6 heteroatoms. The highest BCUT2D eigenvalue weighted by Gasteiger charge is 2.26. The molecular formula is C18H14BrFN2OS. The SMILES string of the molecule is COc1ccc(Br)c2c1-c1nc(Nc3ccccc3F)sc1CC2. The van der Waals surface area contributed by atoms with Crippen LogP contribution in [0.5, 0.6) is 5.75 Å². The van der Waals surface area contributed by atoms with E-state index in [2.05, 4.69) is 21.2 Å². The van der Waals surface area contributed by atoms with Crippen LogP contribution in [0, 0.1) is 5.82 Å². The largest absolute Gasteiger partial charge is 0.496 e. The average molecular weight is 405 g/mol. The Labute approximate surface area is 151 Å². The van der Waals surface area contributed by atoms with E-state index in [1.54, 1.807) is 36.6 Å². The highest BCUT2D eigenvalue weighted by Crippen LogP contribution is 2.45. The first-order chi connectivity index (χ1) is 11.7. The van der Waals surface area contributed by atoms with Crippen LogP contribution in [0.4, 0.5) is 15.2 Å². The molecule has 4 rings (SSSR count). The minimum absolute atomic E-state index is 0.286. The lowest BCUT2D eigenvalue weighted by Crippen LogP contribution is -2.05. The fraction of sp³-hybridized carbons (Fsp3) is 0.167. The summed E-state index contributed by atoms with van der Waals surface area (Å²) in [6, 6.07) is 10.6. The summed E-state index contributed by atoms with van der Waals surface area (Å²) in [7, 11) is 1.67. The molecule has 0 amide bonds. The number of aromatic nitrogens is 1. The predicted octanol–water partition coefficient (Wildman–Crippen LogP) is 5.56. The third-order valence-electron chi connectivity index (χ3n) is 4.09. The Balaban J connectivity index is 1.78. The third kappa shape index (κ3) is 2.59. The summed E-state index contributed by atoms with van der Waals surface area (Å²) in [6.45, 7) is 0. The Morgan fingerprint density at radius 3 is 2.83 bits per heavy atom. The Hall–Kier alpha value is -1.92. The summed E-state index contributed by atoms with van der Waals surface area (Å²) in [5.74, 6) is 0.531. The van der Waals surface area contributed by atoms with Crippen LogP contribution in [0.15, 0.2) is 40.9 Å². The van der Waals surface area contributed by atoms with Crippen LogP contribution < -0.4 is 10.1 Å². The number of hydrogen-bond donors (Lipinski definition) is 1. The van der Waals surface area contributed by atoms with Crippen LogP contribution in [0.25, 0.3) is 11.3 Å². The van der Waals surface area contributed by atoms with E-state index in [1.165, 1.54) is 16.5 Å². The maximum Gasteiger partial charge on any atom is 0.188 e. The fourth-order valence-corrected chi connectivity index (χ4v) is 4.47. The molecule has 3 aromatic rings. The fourth-order valence-electron chi connectivity index (χ4n) is 2.96. The maximum absolute atomic E-state index is 13.9. The first-order valence-corrected chi connectivity index (χ1v) is 9.15. The van der Waals surface area contributed by atoms with E-state index in [0.29, 0.717) is 10.8 Å². The molecular weight excluding hydrogens is 391 g/mol. The first kappa shape index (κ1) is 15.6. The Kier molecular flexibility index (Phi) is 4.02. The molecule has 0 aliphatic heterocycles. The van der Waals surface area contributed by atoms with Gasteiger partial charge < -0.3 is 10.1 Å². The number of fused-ring (bicyclic) bond motifs is 3. The number of methoxy groups -OCH3 is 1. The van der Waals surface area contributed by atoms with Gasteiger partial charge in [0.05, 0.1) is 18.5 Å². The molecule has 0 saturated heterocycles. The summed E-state index contributed by atoms with van der Waals surface area (Å²) in [4.78, 5) is 5.91. The van der Waals surface area contributed by atoms with Crippen molar-refractivity contribution in [1.29, 1.82) is 0 Å².